The minimum absolute atomic E-state index is 0.317. The number of nitrogens with one attached hydrogen (secondary N) is 1. The molecule has 0 amide bonds. The zero-order valence-electron chi connectivity index (χ0n) is 13.5. The van der Waals surface area contributed by atoms with E-state index < -0.39 is 10.0 Å². The summed E-state index contributed by atoms with van der Waals surface area (Å²) in [4.78, 5) is 2.48. The predicted octanol–water partition coefficient (Wildman–Crippen LogP) is 1.14. The summed E-state index contributed by atoms with van der Waals surface area (Å²) in [7, 11) is -0.224. The average Bonchev–Trinajstić information content (AvgIpc) is 2.55. The van der Waals surface area contributed by atoms with Gasteiger partial charge in [0.05, 0.1) is 17.7 Å². The monoisotopic (exact) mass is 327 g/mol. The van der Waals surface area contributed by atoms with Crippen LogP contribution in [-0.4, -0.2) is 59.6 Å². The van der Waals surface area contributed by atoms with Crippen LogP contribution >= 0.6 is 0 Å². The van der Waals surface area contributed by atoms with E-state index in [0.717, 1.165) is 38.3 Å². The molecule has 7 heteroatoms. The Morgan fingerprint density at radius 3 is 2.59 bits per heavy atom. The molecular formula is C15H25N3O3S. The summed E-state index contributed by atoms with van der Waals surface area (Å²) in [5, 5.41) is 3.29. The lowest BCUT2D eigenvalue weighted by Gasteiger charge is -2.31. The Morgan fingerprint density at radius 1 is 1.32 bits per heavy atom. The second-order valence-corrected chi connectivity index (χ2v) is 7.44. The summed E-state index contributed by atoms with van der Waals surface area (Å²) in [6, 6.07) is 5.09. The van der Waals surface area contributed by atoms with Crippen molar-refractivity contribution >= 4 is 15.7 Å². The maximum Gasteiger partial charge on any atom is 0.242 e. The van der Waals surface area contributed by atoms with Crippen molar-refractivity contribution in [2.45, 2.75) is 18.2 Å². The molecule has 0 spiro atoms. The first-order valence-electron chi connectivity index (χ1n) is 7.60. The van der Waals surface area contributed by atoms with Crippen LogP contribution in [0.2, 0.25) is 0 Å². The van der Waals surface area contributed by atoms with Gasteiger partial charge in [-0.25, -0.2) is 12.7 Å². The summed E-state index contributed by atoms with van der Waals surface area (Å²) >= 11 is 0. The molecule has 0 aromatic heterocycles. The number of sulfonamides is 1. The van der Waals surface area contributed by atoms with E-state index in [0.29, 0.717) is 17.2 Å². The van der Waals surface area contributed by atoms with E-state index in [1.165, 1.54) is 4.31 Å². The van der Waals surface area contributed by atoms with Crippen LogP contribution in [0.1, 0.15) is 13.3 Å². The van der Waals surface area contributed by atoms with Crippen molar-refractivity contribution in [3.63, 3.8) is 0 Å². The lowest BCUT2D eigenvalue weighted by molar-refractivity contribution is 0.412. The van der Waals surface area contributed by atoms with Gasteiger partial charge in [-0.05, 0) is 24.6 Å². The first kappa shape index (κ1) is 17.1. The van der Waals surface area contributed by atoms with Gasteiger partial charge in [-0.3, -0.25) is 0 Å². The van der Waals surface area contributed by atoms with E-state index in [-0.39, 0.29) is 0 Å². The maximum atomic E-state index is 12.6. The highest BCUT2D eigenvalue weighted by Gasteiger charge is 2.23. The van der Waals surface area contributed by atoms with Crippen molar-refractivity contribution in [3.8, 4) is 5.75 Å². The Kier molecular flexibility index (Phi) is 5.66. The van der Waals surface area contributed by atoms with Crippen LogP contribution < -0.4 is 15.0 Å². The van der Waals surface area contributed by atoms with Gasteiger partial charge < -0.3 is 15.0 Å². The molecule has 1 fully saturated rings. The summed E-state index contributed by atoms with van der Waals surface area (Å²) in [5.74, 6) is 0.707. The SMILES string of the molecule is CCCN(C)S(=O)(=O)c1ccc(OC)c(N2CCNCC2)c1. The molecule has 0 saturated carbocycles. The van der Waals surface area contributed by atoms with Gasteiger partial charge in [0.15, 0.2) is 0 Å². The first-order chi connectivity index (χ1) is 10.5. The lowest BCUT2D eigenvalue weighted by Crippen LogP contribution is -2.43. The largest absolute Gasteiger partial charge is 0.495 e. The minimum Gasteiger partial charge on any atom is -0.495 e. The number of hydrogen-bond donors (Lipinski definition) is 1. The number of anilines is 1. The maximum absolute atomic E-state index is 12.6. The molecule has 0 aliphatic carbocycles. The lowest BCUT2D eigenvalue weighted by atomic mass is 10.2. The van der Waals surface area contributed by atoms with E-state index in [4.69, 9.17) is 4.74 Å². The van der Waals surface area contributed by atoms with Crippen LogP contribution in [0.25, 0.3) is 0 Å². The third-order valence-electron chi connectivity index (χ3n) is 3.85. The number of nitrogens with zero attached hydrogens (tertiary/aromatic N) is 2. The van der Waals surface area contributed by atoms with Crippen LogP contribution in [0.5, 0.6) is 5.75 Å². The van der Waals surface area contributed by atoms with E-state index in [1.54, 1.807) is 32.4 Å². The Labute approximate surface area is 133 Å². The summed E-state index contributed by atoms with van der Waals surface area (Å²) in [6.07, 6.45) is 0.788. The van der Waals surface area contributed by atoms with Gasteiger partial charge in [0.2, 0.25) is 10.0 Å². The fraction of sp³-hybridized carbons (Fsp3) is 0.600. The van der Waals surface area contributed by atoms with Gasteiger partial charge in [-0.1, -0.05) is 6.92 Å². The van der Waals surface area contributed by atoms with Gasteiger partial charge in [0.25, 0.3) is 0 Å². The molecule has 1 aliphatic rings. The molecule has 1 N–H and O–H groups in total. The molecule has 1 aliphatic heterocycles. The van der Waals surface area contributed by atoms with Gasteiger partial charge >= 0.3 is 0 Å². The topological polar surface area (TPSA) is 61.9 Å². The van der Waals surface area contributed by atoms with Crippen LogP contribution in [0, 0.1) is 0 Å². The number of piperazine rings is 1. The van der Waals surface area contributed by atoms with Crippen LogP contribution in [0.3, 0.4) is 0 Å². The van der Waals surface area contributed by atoms with Crippen molar-refractivity contribution in [1.82, 2.24) is 9.62 Å². The molecule has 1 aromatic carbocycles. The van der Waals surface area contributed by atoms with Crippen molar-refractivity contribution in [3.05, 3.63) is 18.2 Å². The molecule has 6 nitrogen and oxygen atoms in total. The van der Waals surface area contributed by atoms with Gasteiger partial charge in [0, 0.05) is 39.8 Å². The van der Waals surface area contributed by atoms with Crippen molar-refractivity contribution in [1.29, 1.82) is 0 Å². The third kappa shape index (κ3) is 3.53. The normalized spacial score (nSPS) is 16.1. The van der Waals surface area contributed by atoms with Crippen molar-refractivity contribution < 1.29 is 13.2 Å². The number of hydrogen-bond acceptors (Lipinski definition) is 5. The van der Waals surface area contributed by atoms with Gasteiger partial charge in [-0.2, -0.15) is 0 Å². The van der Waals surface area contributed by atoms with E-state index in [1.807, 2.05) is 6.92 Å². The van der Waals surface area contributed by atoms with E-state index in [9.17, 15) is 8.42 Å². The fourth-order valence-electron chi connectivity index (χ4n) is 2.60. The van der Waals surface area contributed by atoms with Crippen molar-refractivity contribution in [2.24, 2.45) is 0 Å². The van der Waals surface area contributed by atoms with Crippen LogP contribution in [0.15, 0.2) is 23.1 Å². The molecule has 0 bridgehead atoms. The standard InChI is InChI=1S/C15H25N3O3S/c1-4-9-17(2)22(19,20)13-5-6-15(21-3)14(12-13)18-10-7-16-8-11-18/h5-6,12,16H,4,7-11H2,1-3H3. The molecular weight excluding hydrogens is 302 g/mol. The molecule has 22 heavy (non-hydrogen) atoms. The third-order valence-corrected chi connectivity index (χ3v) is 5.71. The Hall–Kier alpha value is -1.31. The van der Waals surface area contributed by atoms with E-state index in [2.05, 4.69) is 10.2 Å². The van der Waals surface area contributed by atoms with Crippen molar-refractivity contribution in [2.75, 3.05) is 51.8 Å². The first-order valence-corrected chi connectivity index (χ1v) is 9.04. The Balaban J connectivity index is 2.38. The molecule has 124 valence electrons. The highest BCUT2D eigenvalue weighted by Crippen LogP contribution is 2.32. The van der Waals surface area contributed by atoms with Gasteiger partial charge in [-0.15, -0.1) is 0 Å². The highest BCUT2D eigenvalue weighted by atomic mass is 32.2. The zero-order chi connectivity index (χ0) is 16.2. The Bertz CT molecular complexity index is 598. The minimum atomic E-state index is -3.45. The highest BCUT2D eigenvalue weighted by molar-refractivity contribution is 7.89. The number of ether oxygens (including phenoxy) is 1. The summed E-state index contributed by atoms with van der Waals surface area (Å²) in [6.45, 7) is 5.92. The second-order valence-electron chi connectivity index (χ2n) is 5.40. The molecule has 0 unspecified atom stereocenters. The number of rotatable bonds is 6. The number of benzene rings is 1. The van der Waals surface area contributed by atoms with E-state index >= 15 is 0 Å². The van der Waals surface area contributed by atoms with Crippen LogP contribution in [-0.2, 0) is 10.0 Å². The quantitative estimate of drug-likeness (QED) is 0.849. The predicted molar refractivity (Wildman–Crippen MR) is 88.2 cm³/mol. The zero-order valence-corrected chi connectivity index (χ0v) is 14.3. The molecule has 1 aromatic rings. The summed E-state index contributed by atoms with van der Waals surface area (Å²) in [5.41, 5.74) is 0.843. The molecule has 0 radical (unpaired) electrons. The smallest absolute Gasteiger partial charge is 0.242 e. The van der Waals surface area contributed by atoms with Crippen LogP contribution in [0.4, 0.5) is 5.69 Å². The molecule has 2 rings (SSSR count). The number of methoxy groups -OCH3 is 1. The Morgan fingerprint density at radius 2 is 2.00 bits per heavy atom. The average molecular weight is 327 g/mol. The molecule has 0 atom stereocenters. The molecule has 1 heterocycles. The fourth-order valence-corrected chi connectivity index (χ4v) is 3.88. The van der Waals surface area contributed by atoms with Gasteiger partial charge in [0.1, 0.15) is 5.75 Å². The second kappa shape index (κ2) is 7.30. The summed E-state index contributed by atoms with van der Waals surface area (Å²) < 4.78 is 32.0. The molecule has 1 saturated heterocycles.